The molecule has 1 heterocycles. The fraction of sp³-hybridized carbons (Fsp3) is 0.0667. The molecule has 0 amide bonds. The Morgan fingerprint density at radius 3 is 2.63 bits per heavy atom. The summed E-state index contributed by atoms with van der Waals surface area (Å²) >= 11 is 0. The van der Waals surface area contributed by atoms with Gasteiger partial charge in [-0.25, -0.2) is 9.37 Å². The number of carbonyl (C=O) groups is 1. The van der Waals surface area contributed by atoms with Crippen LogP contribution in [0.2, 0.25) is 0 Å². The van der Waals surface area contributed by atoms with Crippen molar-refractivity contribution in [3.8, 4) is 0 Å². The van der Waals surface area contributed by atoms with E-state index in [0.29, 0.717) is 5.56 Å². The van der Waals surface area contributed by atoms with Gasteiger partial charge in [0.2, 0.25) is 0 Å². The molecule has 3 nitrogen and oxygen atoms in total. The number of para-hydroxylation sites is 2. The molecule has 94 valence electrons. The van der Waals surface area contributed by atoms with Gasteiger partial charge in [0.05, 0.1) is 23.9 Å². The summed E-state index contributed by atoms with van der Waals surface area (Å²) in [6.45, 7) is 0.201. The summed E-state index contributed by atoms with van der Waals surface area (Å²) in [5, 5.41) is 0. The zero-order chi connectivity index (χ0) is 13.2. The zero-order valence-electron chi connectivity index (χ0n) is 10.1. The number of hydrogen-bond donors (Lipinski definition) is 0. The Morgan fingerprint density at radius 1 is 1.11 bits per heavy atom. The van der Waals surface area contributed by atoms with Crippen LogP contribution in [0, 0.1) is 5.82 Å². The molecule has 1 aromatic heterocycles. The van der Waals surface area contributed by atoms with E-state index in [1.165, 1.54) is 24.3 Å². The molecule has 3 aromatic rings. The Kier molecular flexibility index (Phi) is 2.83. The number of benzene rings is 2. The van der Waals surface area contributed by atoms with Crippen LogP contribution in [0.1, 0.15) is 10.4 Å². The summed E-state index contributed by atoms with van der Waals surface area (Å²) in [5.41, 5.74) is 2.27. The second-order valence-corrected chi connectivity index (χ2v) is 4.29. The largest absolute Gasteiger partial charge is 0.323 e. The lowest BCUT2D eigenvalue weighted by Gasteiger charge is -2.03. The van der Waals surface area contributed by atoms with Crippen LogP contribution in [0.4, 0.5) is 4.39 Å². The summed E-state index contributed by atoms with van der Waals surface area (Å²) in [6.07, 6.45) is 1.64. The van der Waals surface area contributed by atoms with Crippen molar-refractivity contribution in [3.05, 3.63) is 66.2 Å². The second-order valence-electron chi connectivity index (χ2n) is 4.29. The van der Waals surface area contributed by atoms with E-state index in [1.54, 1.807) is 10.9 Å². The number of fused-ring (bicyclic) bond motifs is 1. The number of ketones is 1. The van der Waals surface area contributed by atoms with Gasteiger partial charge >= 0.3 is 0 Å². The van der Waals surface area contributed by atoms with Gasteiger partial charge in [-0.15, -0.1) is 0 Å². The Labute approximate surface area is 109 Å². The molecule has 0 N–H and O–H groups in total. The van der Waals surface area contributed by atoms with Crippen LogP contribution in [-0.2, 0) is 6.54 Å². The Hall–Kier alpha value is -2.49. The highest BCUT2D eigenvalue weighted by Crippen LogP contribution is 2.13. The number of nitrogens with zero attached hydrogens (tertiary/aromatic N) is 2. The molecule has 0 atom stereocenters. The van der Waals surface area contributed by atoms with E-state index in [1.807, 2.05) is 24.3 Å². The maximum atomic E-state index is 12.8. The highest BCUT2D eigenvalue weighted by Gasteiger charge is 2.09. The van der Waals surface area contributed by atoms with E-state index in [4.69, 9.17) is 0 Å². The normalized spacial score (nSPS) is 10.8. The van der Waals surface area contributed by atoms with Crippen LogP contribution in [0.15, 0.2) is 54.9 Å². The minimum atomic E-state index is -0.343. The molecular formula is C15H11FN2O. The van der Waals surface area contributed by atoms with Gasteiger partial charge in [0, 0.05) is 5.56 Å². The van der Waals surface area contributed by atoms with Gasteiger partial charge < -0.3 is 4.57 Å². The second kappa shape index (κ2) is 4.65. The van der Waals surface area contributed by atoms with E-state index in [0.717, 1.165) is 11.0 Å². The fourth-order valence-corrected chi connectivity index (χ4v) is 2.02. The Balaban J connectivity index is 1.89. The van der Waals surface area contributed by atoms with Crippen LogP contribution < -0.4 is 0 Å². The molecule has 0 aliphatic heterocycles. The number of halogens is 1. The molecule has 0 aliphatic rings. The van der Waals surface area contributed by atoms with Crippen molar-refractivity contribution in [1.82, 2.24) is 9.55 Å². The molecular weight excluding hydrogens is 243 g/mol. The molecule has 2 aromatic carbocycles. The average molecular weight is 254 g/mol. The number of aromatic nitrogens is 2. The number of hydrogen-bond acceptors (Lipinski definition) is 2. The molecule has 3 rings (SSSR count). The van der Waals surface area contributed by atoms with Crippen molar-refractivity contribution >= 4 is 16.8 Å². The van der Waals surface area contributed by atoms with Crippen LogP contribution in [0.25, 0.3) is 11.0 Å². The molecule has 0 unspecified atom stereocenters. The SMILES string of the molecule is O=C(Cn1cnc2ccccc21)c1ccc(F)cc1. The first-order chi connectivity index (χ1) is 9.24. The summed E-state index contributed by atoms with van der Waals surface area (Å²) < 4.78 is 14.6. The maximum absolute atomic E-state index is 12.8. The van der Waals surface area contributed by atoms with E-state index in [9.17, 15) is 9.18 Å². The van der Waals surface area contributed by atoms with Gasteiger partial charge in [0.25, 0.3) is 0 Å². The predicted octanol–water partition coefficient (Wildman–Crippen LogP) is 3.06. The fourth-order valence-electron chi connectivity index (χ4n) is 2.02. The summed E-state index contributed by atoms with van der Waals surface area (Å²) in [6, 6.07) is 13.2. The summed E-state index contributed by atoms with van der Waals surface area (Å²) in [5.74, 6) is -0.409. The summed E-state index contributed by atoms with van der Waals surface area (Å²) in [4.78, 5) is 16.3. The van der Waals surface area contributed by atoms with Gasteiger partial charge in [0.15, 0.2) is 5.78 Å². The van der Waals surface area contributed by atoms with Crippen LogP contribution in [-0.4, -0.2) is 15.3 Å². The lowest BCUT2D eigenvalue weighted by Crippen LogP contribution is -2.09. The molecule has 0 saturated carbocycles. The van der Waals surface area contributed by atoms with Gasteiger partial charge in [-0.2, -0.15) is 0 Å². The topological polar surface area (TPSA) is 34.9 Å². The molecule has 0 spiro atoms. The summed E-state index contributed by atoms with van der Waals surface area (Å²) in [7, 11) is 0. The van der Waals surface area contributed by atoms with Crippen LogP contribution >= 0.6 is 0 Å². The van der Waals surface area contributed by atoms with Crippen molar-refractivity contribution in [2.24, 2.45) is 0 Å². The van der Waals surface area contributed by atoms with Crippen molar-refractivity contribution in [3.63, 3.8) is 0 Å². The first-order valence-electron chi connectivity index (χ1n) is 5.93. The maximum Gasteiger partial charge on any atom is 0.182 e. The Bertz CT molecular complexity index is 731. The quantitative estimate of drug-likeness (QED) is 0.673. The molecule has 0 aliphatic carbocycles. The van der Waals surface area contributed by atoms with Crippen molar-refractivity contribution in [1.29, 1.82) is 0 Å². The van der Waals surface area contributed by atoms with E-state index in [2.05, 4.69) is 4.98 Å². The molecule has 0 bridgehead atoms. The Morgan fingerprint density at radius 2 is 1.84 bits per heavy atom. The third-order valence-corrected chi connectivity index (χ3v) is 3.01. The molecule has 0 fully saturated rings. The van der Waals surface area contributed by atoms with Crippen molar-refractivity contribution in [2.75, 3.05) is 0 Å². The van der Waals surface area contributed by atoms with Crippen LogP contribution in [0.3, 0.4) is 0 Å². The first-order valence-corrected chi connectivity index (χ1v) is 5.93. The van der Waals surface area contributed by atoms with Crippen molar-refractivity contribution < 1.29 is 9.18 Å². The molecule has 4 heteroatoms. The van der Waals surface area contributed by atoms with E-state index < -0.39 is 0 Å². The first kappa shape index (κ1) is 11.6. The number of imidazole rings is 1. The zero-order valence-corrected chi connectivity index (χ0v) is 10.1. The lowest BCUT2D eigenvalue weighted by atomic mass is 10.1. The number of Topliss-reactive ketones (excluding diaryl/α,β-unsaturated/α-hetero) is 1. The van der Waals surface area contributed by atoms with E-state index >= 15 is 0 Å². The predicted molar refractivity (Wildman–Crippen MR) is 70.5 cm³/mol. The molecule has 0 radical (unpaired) electrons. The minimum absolute atomic E-state index is 0.0665. The number of carbonyl (C=O) groups excluding carboxylic acids is 1. The van der Waals surface area contributed by atoms with Crippen molar-refractivity contribution in [2.45, 2.75) is 6.54 Å². The highest BCUT2D eigenvalue weighted by molar-refractivity contribution is 5.96. The highest BCUT2D eigenvalue weighted by atomic mass is 19.1. The molecule has 0 saturated heterocycles. The standard InChI is InChI=1S/C15H11FN2O/c16-12-7-5-11(6-8-12)15(19)9-18-10-17-13-3-1-2-4-14(13)18/h1-8,10H,9H2. The smallest absolute Gasteiger partial charge is 0.182 e. The monoisotopic (exact) mass is 254 g/mol. The van der Waals surface area contributed by atoms with Gasteiger partial charge in [-0.1, -0.05) is 12.1 Å². The lowest BCUT2D eigenvalue weighted by molar-refractivity contribution is 0.0973. The molecule has 19 heavy (non-hydrogen) atoms. The third-order valence-electron chi connectivity index (χ3n) is 3.01. The number of rotatable bonds is 3. The minimum Gasteiger partial charge on any atom is -0.323 e. The van der Waals surface area contributed by atoms with Gasteiger partial charge in [-0.05, 0) is 36.4 Å². The van der Waals surface area contributed by atoms with Crippen LogP contribution in [0.5, 0.6) is 0 Å². The van der Waals surface area contributed by atoms with Gasteiger partial charge in [0.1, 0.15) is 5.82 Å². The average Bonchev–Trinajstić information content (AvgIpc) is 2.83. The van der Waals surface area contributed by atoms with E-state index in [-0.39, 0.29) is 18.1 Å². The van der Waals surface area contributed by atoms with Gasteiger partial charge in [-0.3, -0.25) is 4.79 Å². The third kappa shape index (κ3) is 2.25.